The van der Waals surface area contributed by atoms with Gasteiger partial charge in [0.05, 0.1) is 0 Å². The van der Waals surface area contributed by atoms with Crippen LogP contribution in [-0.4, -0.2) is 27.3 Å². The van der Waals surface area contributed by atoms with Crippen LogP contribution in [0.25, 0.3) is 0 Å². The molecule has 0 fully saturated rings. The first-order valence-corrected chi connectivity index (χ1v) is 5.07. The molecular formula is C9H6BF9O3. The lowest BCUT2D eigenvalue weighted by Gasteiger charge is -2.17. The maximum Gasteiger partial charge on any atom is 0.864 e. The van der Waals surface area contributed by atoms with Crippen molar-refractivity contribution < 1.29 is 53.5 Å². The topological polar surface area (TPSA) is 27.7 Å². The molecule has 0 aliphatic heterocycles. The fourth-order valence-corrected chi connectivity index (χ4v) is 0.800. The zero-order valence-electron chi connectivity index (χ0n) is 10.3. The predicted octanol–water partition coefficient (Wildman–Crippen LogP) is 4.25. The van der Waals surface area contributed by atoms with Crippen molar-refractivity contribution in [2.75, 3.05) is 20.0 Å². The Kier molecular flexibility index (Phi) is 9.02. The standard InChI is InChI=1S/C9H6BF9O3/c11-1-4(7(14)15)20-10(21-5(2-12)8(16)17)22-6(3-13)9(18)19/h1-3H2. The number of halogens is 9. The summed E-state index contributed by atoms with van der Waals surface area (Å²) in [6.45, 7) is -5.98. The highest BCUT2D eigenvalue weighted by Crippen LogP contribution is 2.20. The van der Waals surface area contributed by atoms with Gasteiger partial charge >= 0.3 is 25.6 Å². The Morgan fingerprint density at radius 1 is 0.545 bits per heavy atom. The number of hydrogen-bond acceptors (Lipinski definition) is 3. The number of hydrogen-bond donors (Lipinski definition) is 0. The molecule has 0 spiro atoms. The molecule has 0 atom stereocenters. The Bertz CT molecular complexity index is 387. The quantitative estimate of drug-likeness (QED) is 0.356. The van der Waals surface area contributed by atoms with E-state index < -0.39 is 62.9 Å². The summed E-state index contributed by atoms with van der Waals surface area (Å²) in [7, 11) is -2.90. The van der Waals surface area contributed by atoms with Crippen molar-refractivity contribution in [3.05, 3.63) is 35.5 Å². The van der Waals surface area contributed by atoms with Gasteiger partial charge in [-0.05, 0) is 0 Å². The van der Waals surface area contributed by atoms with Crippen LogP contribution in [0.5, 0.6) is 0 Å². The summed E-state index contributed by atoms with van der Waals surface area (Å²) in [5.74, 6) is -5.46. The van der Waals surface area contributed by atoms with Crippen LogP contribution in [-0.2, 0) is 14.0 Å². The molecule has 0 bridgehead atoms. The van der Waals surface area contributed by atoms with E-state index in [0.717, 1.165) is 0 Å². The normalized spacial score (nSPS) is 9.68. The van der Waals surface area contributed by atoms with Crippen LogP contribution < -0.4 is 0 Å². The minimum Gasteiger partial charge on any atom is -0.486 e. The number of allylic oxidation sites excluding steroid dienone is 3. The van der Waals surface area contributed by atoms with E-state index in [-0.39, 0.29) is 0 Å². The lowest BCUT2D eigenvalue weighted by molar-refractivity contribution is 0.132. The molecule has 0 radical (unpaired) electrons. The van der Waals surface area contributed by atoms with Crippen molar-refractivity contribution in [3.8, 4) is 0 Å². The highest BCUT2D eigenvalue weighted by Gasteiger charge is 2.36. The smallest absolute Gasteiger partial charge is 0.486 e. The van der Waals surface area contributed by atoms with Gasteiger partial charge in [0.2, 0.25) is 0 Å². The largest absolute Gasteiger partial charge is 0.864 e. The van der Waals surface area contributed by atoms with E-state index in [1.807, 2.05) is 0 Å². The maximum absolute atomic E-state index is 12.2. The van der Waals surface area contributed by atoms with Gasteiger partial charge < -0.3 is 14.0 Å². The second-order valence-electron chi connectivity index (χ2n) is 3.09. The van der Waals surface area contributed by atoms with Gasteiger partial charge in [-0.1, -0.05) is 0 Å². The third kappa shape index (κ3) is 6.67. The fraction of sp³-hybridized carbons (Fsp3) is 0.333. The van der Waals surface area contributed by atoms with Gasteiger partial charge in [-0.25, -0.2) is 13.2 Å². The molecule has 0 rings (SSSR count). The molecule has 0 N–H and O–H groups in total. The first kappa shape index (κ1) is 20.1. The third-order valence-electron chi connectivity index (χ3n) is 1.71. The van der Waals surface area contributed by atoms with E-state index in [9.17, 15) is 39.5 Å². The molecular weight excluding hydrogens is 338 g/mol. The molecule has 0 aromatic carbocycles. The molecule has 0 aromatic heterocycles. The van der Waals surface area contributed by atoms with Gasteiger partial charge in [-0.15, -0.1) is 0 Å². The first-order valence-electron chi connectivity index (χ1n) is 5.07. The Morgan fingerprint density at radius 2 is 0.773 bits per heavy atom. The van der Waals surface area contributed by atoms with Crippen molar-refractivity contribution >= 4 is 7.32 Å². The van der Waals surface area contributed by atoms with Crippen LogP contribution in [0.3, 0.4) is 0 Å². The molecule has 0 amide bonds. The van der Waals surface area contributed by atoms with Crippen molar-refractivity contribution in [2.45, 2.75) is 0 Å². The lowest BCUT2D eigenvalue weighted by atomic mass is 10.2. The summed E-state index contributed by atoms with van der Waals surface area (Å²) in [5, 5.41) is 0. The van der Waals surface area contributed by atoms with Crippen molar-refractivity contribution in [3.63, 3.8) is 0 Å². The van der Waals surface area contributed by atoms with E-state index in [2.05, 4.69) is 14.0 Å². The van der Waals surface area contributed by atoms with Crippen LogP contribution >= 0.6 is 0 Å². The highest BCUT2D eigenvalue weighted by molar-refractivity contribution is 6.37. The van der Waals surface area contributed by atoms with Gasteiger partial charge in [-0.2, -0.15) is 26.3 Å². The molecule has 22 heavy (non-hydrogen) atoms. The number of alkyl halides is 3. The zero-order chi connectivity index (χ0) is 17.3. The molecule has 3 nitrogen and oxygen atoms in total. The Morgan fingerprint density at radius 3 is 0.909 bits per heavy atom. The minimum absolute atomic E-state index is 1.82. The van der Waals surface area contributed by atoms with Gasteiger partial charge in [0.25, 0.3) is 0 Å². The molecule has 0 saturated heterocycles. The molecule has 0 aromatic rings. The Balaban J connectivity index is 5.36. The molecule has 0 aliphatic rings. The first-order chi connectivity index (χ1) is 10.3. The van der Waals surface area contributed by atoms with Crippen LogP contribution in [0.15, 0.2) is 35.5 Å². The average Bonchev–Trinajstić information content (AvgIpc) is 2.45. The van der Waals surface area contributed by atoms with Gasteiger partial charge in [-0.3, -0.25) is 0 Å². The molecule has 0 aliphatic carbocycles. The maximum atomic E-state index is 12.2. The third-order valence-corrected chi connectivity index (χ3v) is 1.71. The second kappa shape index (κ2) is 9.89. The molecule has 0 heterocycles. The van der Waals surface area contributed by atoms with Crippen molar-refractivity contribution in [2.24, 2.45) is 0 Å². The summed E-state index contributed by atoms with van der Waals surface area (Å²) in [5.41, 5.74) is 0. The summed E-state index contributed by atoms with van der Waals surface area (Å²) in [6.07, 6.45) is -8.38. The molecule has 0 saturated carbocycles. The summed E-state index contributed by atoms with van der Waals surface area (Å²) < 4.78 is 121. The molecule has 0 unspecified atom stereocenters. The highest BCUT2D eigenvalue weighted by atomic mass is 19.3. The summed E-state index contributed by atoms with van der Waals surface area (Å²) in [4.78, 5) is 0. The van der Waals surface area contributed by atoms with Gasteiger partial charge in [0.15, 0.2) is 37.3 Å². The predicted molar refractivity (Wildman–Crippen MR) is 54.7 cm³/mol. The fourth-order valence-electron chi connectivity index (χ4n) is 0.800. The van der Waals surface area contributed by atoms with Gasteiger partial charge in [0, 0.05) is 0 Å². The monoisotopic (exact) mass is 344 g/mol. The minimum atomic E-state index is -2.90. The van der Waals surface area contributed by atoms with E-state index in [4.69, 9.17) is 0 Å². The van der Waals surface area contributed by atoms with Crippen LogP contribution in [0.4, 0.5) is 39.5 Å². The SMILES string of the molecule is FCC(OB(OC(CF)=C(F)F)OC(CF)=C(F)F)=C(F)F. The Hall–Kier alpha value is -1.95. The van der Waals surface area contributed by atoms with Crippen molar-refractivity contribution in [1.29, 1.82) is 0 Å². The van der Waals surface area contributed by atoms with Crippen LogP contribution in [0, 0.1) is 0 Å². The van der Waals surface area contributed by atoms with E-state index in [1.54, 1.807) is 0 Å². The second-order valence-corrected chi connectivity index (χ2v) is 3.09. The van der Waals surface area contributed by atoms with Gasteiger partial charge in [0.1, 0.15) is 0 Å². The van der Waals surface area contributed by atoms with E-state index >= 15 is 0 Å². The molecule has 126 valence electrons. The average molecular weight is 344 g/mol. The number of rotatable bonds is 9. The van der Waals surface area contributed by atoms with Crippen molar-refractivity contribution in [1.82, 2.24) is 0 Å². The summed E-state index contributed by atoms with van der Waals surface area (Å²) >= 11 is 0. The van der Waals surface area contributed by atoms with Crippen LogP contribution in [0.2, 0.25) is 0 Å². The lowest BCUT2D eigenvalue weighted by Crippen LogP contribution is -2.28. The molecule has 13 heteroatoms. The summed E-state index contributed by atoms with van der Waals surface area (Å²) in [6, 6.07) is 0. The van der Waals surface area contributed by atoms with Crippen LogP contribution in [0.1, 0.15) is 0 Å². The Labute approximate surface area is 117 Å². The van der Waals surface area contributed by atoms with E-state index in [1.165, 1.54) is 0 Å². The van der Waals surface area contributed by atoms with E-state index in [0.29, 0.717) is 0 Å². The zero-order valence-corrected chi connectivity index (χ0v) is 10.3.